The lowest BCUT2D eigenvalue weighted by Crippen LogP contribution is -2.36. The van der Waals surface area contributed by atoms with Gasteiger partial charge in [0, 0.05) is 36.2 Å². The Bertz CT molecular complexity index is 833. The van der Waals surface area contributed by atoms with Crippen molar-refractivity contribution < 1.29 is 13.2 Å². The fourth-order valence-electron chi connectivity index (χ4n) is 2.53. The molecule has 25 heavy (non-hydrogen) atoms. The molecule has 0 saturated carbocycles. The highest BCUT2D eigenvalue weighted by Gasteiger charge is 2.14. The van der Waals surface area contributed by atoms with Gasteiger partial charge in [0.2, 0.25) is 16.0 Å². The first-order chi connectivity index (χ1) is 11.9. The van der Waals surface area contributed by atoms with Gasteiger partial charge < -0.3 is 15.0 Å². The van der Waals surface area contributed by atoms with Crippen LogP contribution in [0.25, 0.3) is 0 Å². The smallest absolute Gasteiger partial charge is 0.229 e. The minimum Gasteiger partial charge on any atom is -0.378 e. The molecule has 8 nitrogen and oxygen atoms in total. The second kappa shape index (κ2) is 7.24. The van der Waals surface area contributed by atoms with Crippen LogP contribution < -0.4 is 14.9 Å². The molecule has 0 amide bonds. The maximum Gasteiger partial charge on any atom is 0.229 e. The largest absolute Gasteiger partial charge is 0.378 e. The molecule has 2 aromatic rings. The topological polar surface area (TPSA) is 96.5 Å². The van der Waals surface area contributed by atoms with Crippen LogP contribution in [0.2, 0.25) is 0 Å². The Balaban J connectivity index is 1.75. The van der Waals surface area contributed by atoms with Crippen LogP contribution in [0, 0.1) is 6.92 Å². The number of rotatable bonds is 5. The Hall–Kier alpha value is -2.39. The molecule has 9 heteroatoms. The Morgan fingerprint density at radius 1 is 1.08 bits per heavy atom. The van der Waals surface area contributed by atoms with E-state index < -0.39 is 10.0 Å². The van der Waals surface area contributed by atoms with Crippen LogP contribution >= 0.6 is 0 Å². The quantitative estimate of drug-likeness (QED) is 0.835. The van der Waals surface area contributed by atoms with Gasteiger partial charge in [-0.15, -0.1) is 0 Å². The molecule has 2 N–H and O–H groups in total. The number of ether oxygens (including phenoxy) is 1. The van der Waals surface area contributed by atoms with Crippen LogP contribution in [0.5, 0.6) is 0 Å². The van der Waals surface area contributed by atoms with E-state index in [-0.39, 0.29) is 0 Å². The minimum absolute atomic E-state index is 0.505. The molecule has 1 aromatic heterocycles. The van der Waals surface area contributed by atoms with Crippen molar-refractivity contribution in [3.63, 3.8) is 0 Å². The number of nitrogens with zero attached hydrogens (tertiary/aromatic N) is 3. The van der Waals surface area contributed by atoms with Crippen molar-refractivity contribution in [1.29, 1.82) is 0 Å². The third-order valence-corrected chi connectivity index (χ3v) is 4.23. The monoisotopic (exact) mass is 363 g/mol. The molecule has 1 aromatic carbocycles. The second-order valence-corrected chi connectivity index (χ2v) is 7.62. The van der Waals surface area contributed by atoms with E-state index in [0.29, 0.717) is 24.8 Å². The standard InChI is InChI=1S/C16H21N5O3S/c1-12-11-15(21-7-9-24-10-8-21)19-16(17-12)18-13-3-5-14(6-4-13)20-25(2,22)23/h3-6,11,20H,7-10H2,1-2H3,(H,17,18,19). The number of hydrogen-bond acceptors (Lipinski definition) is 7. The van der Waals surface area contributed by atoms with Gasteiger partial charge in [0.25, 0.3) is 0 Å². The van der Waals surface area contributed by atoms with Crippen molar-refractivity contribution in [2.75, 3.05) is 47.5 Å². The minimum atomic E-state index is -3.28. The Morgan fingerprint density at radius 2 is 1.72 bits per heavy atom. The highest BCUT2D eigenvalue weighted by atomic mass is 32.2. The molecule has 1 saturated heterocycles. The average molecular weight is 363 g/mol. The van der Waals surface area contributed by atoms with Gasteiger partial charge in [-0.25, -0.2) is 13.4 Å². The molecule has 0 radical (unpaired) electrons. The van der Waals surface area contributed by atoms with Gasteiger partial charge in [-0.2, -0.15) is 4.98 Å². The molecule has 134 valence electrons. The summed E-state index contributed by atoms with van der Waals surface area (Å²) in [6, 6.07) is 8.86. The summed E-state index contributed by atoms with van der Waals surface area (Å²) < 4.78 is 30.3. The number of anilines is 4. The van der Waals surface area contributed by atoms with Gasteiger partial charge >= 0.3 is 0 Å². The number of aryl methyl sites for hydroxylation is 1. The number of aromatic nitrogens is 2. The van der Waals surface area contributed by atoms with E-state index in [9.17, 15) is 8.42 Å². The number of benzene rings is 1. The number of nitrogens with one attached hydrogen (secondary N) is 2. The summed E-state index contributed by atoms with van der Waals surface area (Å²) in [4.78, 5) is 11.2. The van der Waals surface area contributed by atoms with E-state index in [1.165, 1.54) is 0 Å². The normalized spacial score (nSPS) is 15.0. The Labute approximate surface area is 147 Å². The van der Waals surface area contributed by atoms with Gasteiger partial charge in [-0.3, -0.25) is 4.72 Å². The van der Waals surface area contributed by atoms with Crippen LogP contribution in [0.3, 0.4) is 0 Å². The Kier molecular flexibility index (Phi) is 5.05. The molecule has 0 unspecified atom stereocenters. The molecule has 0 aliphatic carbocycles. The lowest BCUT2D eigenvalue weighted by atomic mass is 10.3. The van der Waals surface area contributed by atoms with Crippen LogP contribution in [0.15, 0.2) is 30.3 Å². The highest BCUT2D eigenvalue weighted by Crippen LogP contribution is 2.20. The highest BCUT2D eigenvalue weighted by molar-refractivity contribution is 7.92. The van der Waals surface area contributed by atoms with Crippen LogP contribution in [0.1, 0.15) is 5.69 Å². The fourth-order valence-corrected chi connectivity index (χ4v) is 3.09. The predicted octanol–water partition coefficient (Wildman–Crippen LogP) is 1.74. The SMILES string of the molecule is Cc1cc(N2CCOCC2)nc(Nc2ccc(NS(C)(=O)=O)cc2)n1. The third-order valence-electron chi connectivity index (χ3n) is 3.62. The van der Waals surface area contributed by atoms with Gasteiger partial charge in [-0.1, -0.05) is 0 Å². The predicted molar refractivity (Wildman–Crippen MR) is 98.0 cm³/mol. The summed E-state index contributed by atoms with van der Waals surface area (Å²) in [5, 5.41) is 3.16. The third kappa shape index (κ3) is 5.04. The molecule has 0 bridgehead atoms. The summed E-state index contributed by atoms with van der Waals surface area (Å²) in [5.41, 5.74) is 2.15. The van der Waals surface area contributed by atoms with Crippen LogP contribution in [-0.2, 0) is 14.8 Å². The summed E-state index contributed by atoms with van der Waals surface area (Å²) in [7, 11) is -3.28. The van der Waals surface area contributed by atoms with E-state index in [0.717, 1.165) is 36.5 Å². The lowest BCUT2D eigenvalue weighted by Gasteiger charge is -2.28. The summed E-state index contributed by atoms with van der Waals surface area (Å²) in [6.45, 7) is 4.93. The molecular formula is C16H21N5O3S. The number of hydrogen-bond donors (Lipinski definition) is 2. The summed E-state index contributed by atoms with van der Waals surface area (Å²) >= 11 is 0. The van der Waals surface area contributed by atoms with Crippen LogP contribution in [-0.4, -0.2) is 50.9 Å². The summed E-state index contributed by atoms with van der Waals surface area (Å²) in [6.07, 6.45) is 1.12. The Morgan fingerprint density at radius 3 is 2.36 bits per heavy atom. The molecule has 0 atom stereocenters. The molecular weight excluding hydrogens is 342 g/mol. The molecule has 2 heterocycles. The maximum atomic E-state index is 11.2. The first-order valence-electron chi connectivity index (χ1n) is 7.92. The lowest BCUT2D eigenvalue weighted by molar-refractivity contribution is 0.122. The summed E-state index contributed by atoms with van der Waals surface area (Å²) in [5.74, 6) is 1.37. The van der Waals surface area contributed by atoms with E-state index in [1.807, 2.05) is 13.0 Å². The van der Waals surface area contributed by atoms with E-state index in [2.05, 4.69) is 24.9 Å². The van der Waals surface area contributed by atoms with E-state index in [4.69, 9.17) is 4.74 Å². The van der Waals surface area contributed by atoms with Gasteiger partial charge in [0.1, 0.15) is 5.82 Å². The molecule has 0 spiro atoms. The molecule has 3 rings (SSSR count). The van der Waals surface area contributed by atoms with Crippen LogP contribution in [0.4, 0.5) is 23.1 Å². The zero-order chi connectivity index (χ0) is 17.9. The first-order valence-corrected chi connectivity index (χ1v) is 9.81. The van der Waals surface area contributed by atoms with Crippen molar-refractivity contribution in [2.45, 2.75) is 6.92 Å². The zero-order valence-electron chi connectivity index (χ0n) is 14.2. The van der Waals surface area contributed by atoms with Gasteiger partial charge in [0.15, 0.2) is 0 Å². The van der Waals surface area contributed by atoms with Crippen molar-refractivity contribution in [3.8, 4) is 0 Å². The molecule has 1 fully saturated rings. The van der Waals surface area contributed by atoms with Gasteiger partial charge in [-0.05, 0) is 31.2 Å². The number of morpholine rings is 1. The van der Waals surface area contributed by atoms with Crippen molar-refractivity contribution in [2.24, 2.45) is 0 Å². The van der Waals surface area contributed by atoms with Crippen molar-refractivity contribution in [1.82, 2.24) is 9.97 Å². The molecule has 1 aliphatic heterocycles. The fraction of sp³-hybridized carbons (Fsp3) is 0.375. The van der Waals surface area contributed by atoms with E-state index >= 15 is 0 Å². The average Bonchev–Trinajstić information content (AvgIpc) is 2.56. The first kappa shape index (κ1) is 17.4. The van der Waals surface area contributed by atoms with E-state index in [1.54, 1.807) is 24.3 Å². The second-order valence-electron chi connectivity index (χ2n) is 5.87. The zero-order valence-corrected chi connectivity index (χ0v) is 15.0. The molecule has 1 aliphatic rings. The number of sulfonamides is 1. The van der Waals surface area contributed by atoms with Crippen molar-refractivity contribution in [3.05, 3.63) is 36.0 Å². The van der Waals surface area contributed by atoms with Gasteiger partial charge in [0.05, 0.1) is 19.5 Å². The maximum absolute atomic E-state index is 11.2. The van der Waals surface area contributed by atoms with Crippen molar-refractivity contribution >= 4 is 33.2 Å².